The molecule has 0 aromatic heterocycles. The Labute approximate surface area is 542 Å². The summed E-state index contributed by atoms with van der Waals surface area (Å²) < 4.78 is 33.3. The maximum atomic E-state index is 12.8. The minimum atomic E-state index is -4.39. The molecule has 0 aromatic rings. The zero-order chi connectivity index (χ0) is 63.0. The Balaban J connectivity index is 3.74. The molecule has 10 heteroatoms. The number of hydrogen-bond acceptors (Lipinski definition) is 8. The summed E-state index contributed by atoms with van der Waals surface area (Å²) in [5.41, 5.74) is 5.41. The van der Waals surface area contributed by atoms with E-state index in [1.165, 1.54) is 372 Å². The van der Waals surface area contributed by atoms with Gasteiger partial charge in [-0.15, -0.1) is 0 Å². The normalized spacial score (nSPS) is 12.8. The van der Waals surface area contributed by atoms with Crippen molar-refractivity contribution in [3.05, 3.63) is 12.2 Å². The van der Waals surface area contributed by atoms with Crippen molar-refractivity contribution in [3.63, 3.8) is 0 Å². The average Bonchev–Trinajstić information content (AvgIpc) is 3.65. The number of hydrogen-bond donors (Lipinski definition) is 2. The second kappa shape index (κ2) is 73.8. The summed E-state index contributed by atoms with van der Waals surface area (Å²) in [7, 11) is -4.39. The molecule has 0 bridgehead atoms. The maximum absolute atomic E-state index is 12.8. The number of unbranched alkanes of at least 4 members (excludes halogenated alkanes) is 61. The zero-order valence-electron chi connectivity index (χ0n) is 58.6. The SMILES string of the molecule is CCCCCCCCCC/C=C\CCCCCCCCCCCCCCCCCCCCCCCCCCCC(=O)OC(COC(=O)CCCCCCCCCCCCCCCCCCCCCCCCCCCCCCC)COP(=O)(O)OCCN. The molecule has 0 aliphatic rings. The van der Waals surface area contributed by atoms with Gasteiger partial charge in [0.1, 0.15) is 6.61 Å². The smallest absolute Gasteiger partial charge is 0.462 e. The van der Waals surface area contributed by atoms with Gasteiger partial charge in [-0.25, -0.2) is 4.57 Å². The third-order valence-electron chi connectivity index (χ3n) is 18.2. The molecule has 0 spiro atoms. The van der Waals surface area contributed by atoms with Crippen molar-refractivity contribution in [1.82, 2.24) is 0 Å². The Morgan fingerprint density at radius 2 is 0.563 bits per heavy atom. The van der Waals surface area contributed by atoms with Crippen LogP contribution in [-0.4, -0.2) is 49.3 Å². The molecule has 2 atom stereocenters. The van der Waals surface area contributed by atoms with Gasteiger partial charge in [-0.3, -0.25) is 18.6 Å². The minimum Gasteiger partial charge on any atom is -0.462 e. The minimum absolute atomic E-state index is 0.0582. The van der Waals surface area contributed by atoms with Crippen LogP contribution in [0.2, 0.25) is 0 Å². The van der Waals surface area contributed by atoms with Crippen LogP contribution in [0, 0.1) is 0 Å². The van der Waals surface area contributed by atoms with E-state index in [2.05, 4.69) is 26.0 Å². The first-order valence-electron chi connectivity index (χ1n) is 39.2. The first kappa shape index (κ1) is 85.8. The van der Waals surface area contributed by atoms with Gasteiger partial charge >= 0.3 is 19.8 Å². The lowest BCUT2D eigenvalue weighted by Crippen LogP contribution is -2.29. The van der Waals surface area contributed by atoms with Crippen molar-refractivity contribution in [3.8, 4) is 0 Å². The van der Waals surface area contributed by atoms with Gasteiger partial charge in [-0.2, -0.15) is 0 Å². The van der Waals surface area contributed by atoms with E-state index in [1.54, 1.807) is 0 Å². The molecule has 2 unspecified atom stereocenters. The van der Waals surface area contributed by atoms with E-state index in [4.69, 9.17) is 24.3 Å². The molecule has 518 valence electrons. The van der Waals surface area contributed by atoms with Crippen LogP contribution in [-0.2, 0) is 32.7 Å². The van der Waals surface area contributed by atoms with E-state index in [0.29, 0.717) is 6.42 Å². The van der Waals surface area contributed by atoms with E-state index in [-0.39, 0.29) is 38.6 Å². The van der Waals surface area contributed by atoms with Crippen LogP contribution in [0.25, 0.3) is 0 Å². The number of rotatable bonds is 76. The molecule has 0 heterocycles. The van der Waals surface area contributed by atoms with Crippen LogP contribution in [0.15, 0.2) is 12.2 Å². The van der Waals surface area contributed by atoms with Crippen LogP contribution >= 0.6 is 7.82 Å². The Hall–Kier alpha value is -1.25. The van der Waals surface area contributed by atoms with Crippen molar-refractivity contribution in [2.24, 2.45) is 5.73 Å². The fourth-order valence-corrected chi connectivity index (χ4v) is 13.1. The summed E-state index contributed by atoms with van der Waals surface area (Å²) >= 11 is 0. The number of ether oxygens (including phenoxy) is 2. The summed E-state index contributed by atoms with van der Waals surface area (Å²) in [6.45, 7) is 3.85. The first-order valence-corrected chi connectivity index (χ1v) is 40.7. The van der Waals surface area contributed by atoms with E-state index in [0.717, 1.165) is 32.1 Å². The van der Waals surface area contributed by atoms with Gasteiger partial charge in [0.05, 0.1) is 13.2 Å². The Kier molecular flexibility index (Phi) is 72.7. The van der Waals surface area contributed by atoms with Crippen molar-refractivity contribution in [2.75, 3.05) is 26.4 Å². The topological polar surface area (TPSA) is 134 Å². The number of allylic oxidation sites excluding steroid dienone is 2. The molecule has 0 rings (SSSR count). The van der Waals surface area contributed by atoms with Crippen LogP contribution in [0.5, 0.6) is 0 Å². The Morgan fingerprint density at radius 3 is 0.816 bits per heavy atom. The van der Waals surface area contributed by atoms with E-state index < -0.39 is 26.5 Å². The maximum Gasteiger partial charge on any atom is 0.472 e. The van der Waals surface area contributed by atoms with Gasteiger partial charge < -0.3 is 20.1 Å². The Bertz CT molecular complexity index is 1430. The standard InChI is InChI=1S/C77H152NO8P/c1-3-5-7-9-11-13-15-17-19-21-23-25-27-29-31-33-34-35-36-37-38-39-40-42-44-46-48-50-52-54-56-58-60-62-64-66-68-70-77(80)86-75(74-85-87(81,82)84-72-71-78)73-83-76(79)69-67-65-63-61-59-57-55-53-51-49-47-45-43-41-32-30-28-26-24-22-20-18-16-14-12-10-8-6-4-2/h21,23,75H,3-20,22,24-74,78H2,1-2H3,(H,81,82)/b23-21-. The first-order chi connectivity index (χ1) is 42.8. The molecule has 0 radical (unpaired) electrons. The average molecular weight is 1250 g/mol. The summed E-state index contributed by atoms with van der Waals surface area (Å²) in [5.74, 6) is -0.796. The molecular formula is C77H152NO8P. The predicted molar refractivity (Wildman–Crippen MR) is 377 cm³/mol. The largest absolute Gasteiger partial charge is 0.472 e. The fraction of sp³-hybridized carbons (Fsp3) is 0.948. The van der Waals surface area contributed by atoms with Crippen molar-refractivity contribution in [1.29, 1.82) is 0 Å². The lowest BCUT2D eigenvalue weighted by atomic mass is 10.0. The zero-order valence-corrected chi connectivity index (χ0v) is 59.5. The number of phosphoric ester groups is 1. The summed E-state index contributed by atoms with van der Waals surface area (Å²) in [5, 5.41) is 0. The quantitative estimate of drug-likeness (QED) is 0.0264. The second-order valence-corrected chi connectivity index (χ2v) is 28.4. The number of phosphoric acid groups is 1. The van der Waals surface area contributed by atoms with E-state index in [1.807, 2.05) is 0 Å². The summed E-state index contributed by atoms with van der Waals surface area (Å²) in [4.78, 5) is 35.4. The molecule has 3 N–H and O–H groups in total. The van der Waals surface area contributed by atoms with Gasteiger partial charge in [0.25, 0.3) is 0 Å². The highest BCUT2D eigenvalue weighted by molar-refractivity contribution is 7.47. The molecule has 9 nitrogen and oxygen atoms in total. The number of carbonyl (C=O) groups is 2. The monoisotopic (exact) mass is 1250 g/mol. The van der Waals surface area contributed by atoms with Crippen LogP contribution < -0.4 is 5.73 Å². The molecule has 0 amide bonds. The number of nitrogens with two attached hydrogens (primary N) is 1. The van der Waals surface area contributed by atoms with E-state index >= 15 is 0 Å². The summed E-state index contributed by atoms with van der Waals surface area (Å²) in [6, 6.07) is 0. The predicted octanol–water partition coefficient (Wildman–Crippen LogP) is 25.9. The van der Waals surface area contributed by atoms with Gasteiger partial charge in [0.2, 0.25) is 0 Å². The molecule has 0 aliphatic heterocycles. The van der Waals surface area contributed by atoms with Gasteiger partial charge in [0, 0.05) is 19.4 Å². The van der Waals surface area contributed by atoms with Gasteiger partial charge in [-0.05, 0) is 38.5 Å². The van der Waals surface area contributed by atoms with E-state index in [9.17, 15) is 19.0 Å². The van der Waals surface area contributed by atoms with Crippen molar-refractivity contribution in [2.45, 2.75) is 444 Å². The molecular weight excluding hydrogens is 1100 g/mol. The summed E-state index contributed by atoms with van der Waals surface area (Å²) in [6.07, 6.45) is 90.7. The second-order valence-electron chi connectivity index (χ2n) is 26.9. The lowest BCUT2D eigenvalue weighted by Gasteiger charge is -2.19. The molecule has 0 saturated carbocycles. The molecule has 87 heavy (non-hydrogen) atoms. The highest BCUT2D eigenvalue weighted by atomic mass is 31.2. The highest BCUT2D eigenvalue weighted by Crippen LogP contribution is 2.43. The fourth-order valence-electron chi connectivity index (χ4n) is 12.3. The lowest BCUT2D eigenvalue weighted by molar-refractivity contribution is -0.161. The van der Waals surface area contributed by atoms with Gasteiger partial charge in [0.15, 0.2) is 6.10 Å². The van der Waals surface area contributed by atoms with Crippen LogP contribution in [0.4, 0.5) is 0 Å². The van der Waals surface area contributed by atoms with Crippen LogP contribution in [0.3, 0.4) is 0 Å². The van der Waals surface area contributed by atoms with Crippen molar-refractivity contribution < 1.29 is 37.6 Å². The van der Waals surface area contributed by atoms with Gasteiger partial charge in [-0.1, -0.05) is 398 Å². The third-order valence-corrected chi connectivity index (χ3v) is 19.1. The number of carbonyl (C=O) groups excluding carboxylic acids is 2. The third kappa shape index (κ3) is 73.7. The molecule has 0 fully saturated rings. The van der Waals surface area contributed by atoms with Crippen molar-refractivity contribution >= 4 is 19.8 Å². The number of esters is 2. The highest BCUT2D eigenvalue weighted by Gasteiger charge is 2.26. The van der Waals surface area contributed by atoms with Crippen LogP contribution in [0.1, 0.15) is 438 Å². The molecule has 0 aromatic carbocycles. The molecule has 0 aliphatic carbocycles. The molecule has 0 saturated heterocycles. The Morgan fingerprint density at radius 1 is 0.333 bits per heavy atom.